The van der Waals surface area contributed by atoms with Crippen LogP contribution >= 0.6 is 0 Å². The standard InChI is InChI=1S/6FH.W.H/h6*1H;;/q;;;;;;+6;/p-6. The molecule has 7 heteroatoms. The van der Waals surface area contributed by atoms with E-state index >= 15 is 0 Å². The first-order chi connectivity index (χ1) is 0. The van der Waals surface area contributed by atoms with E-state index in [4.69, 9.17) is 0 Å². The van der Waals surface area contributed by atoms with Gasteiger partial charge in [0.15, 0.2) is 0 Å². The molecule has 0 bridgehead atoms. The summed E-state index contributed by atoms with van der Waals surface area (Å²) in [6.45, 7) is 0. The Labute approximate surface area is 50.1 Å². The SMILES string of the molecule is [F-].[F-].[F-].[F-].[F-].[F-].[WH+6]. The summed E-state index contributed by atoms with van der Waals surface area (Å²) in [6.07, 6.45) is 0. The van der Waals surface area contributed by atoms with Crippen LogP contribution in [-0.2, 0) is 21.1 Å². The molecule has 0 aromatic carbocycles. The van der Waals surface area contributed by atoms with Gasteiger partial charge in [-0.3, -0.25) is 0 Å². The van der Waals surface area contributed by atoms with Crippen LogP contribution < -0.4 is 28.2 Å². The van der Waals surface area contributed by atoms with Gasteiger partial charge in [0.1, 0.15) is 0 Å². The Morgan fingerprint density at radius 3 is 0.286 bits per heavy atom. The third-order valence-electron chi connectivity index (χ3n) is 0. The average Bonchev–Trinajstić information content (AvgIpc) is 0. The van der Waals surface area contributed by atoms with Crippen molar-refractivity contribution in [1.29, 1.82) is 0 Å². The molecule has 0 heterocycles. The fourth-order valence-electron chi connectivity index (χ4n) is 0. The van der Waals surface area contributed by atoms with Gasteiger partial charge >= 0.3 is 21.1 Å². The Bertz CT molecular complexity index is 4.14. The van der Waals surface area contributed by atoms with Gasteiger partial charge in [0.2, 0.25) is 0 Å². The van der Waals surface area contributed by atoms with Gasteiger partial charge in [0.25, 0.3) is 0 Å². The van der Waals surface area contributed by atoms with Crippen molar-refractivity contribution >= 4 is 0 Å². The fraction of sp³-hybridized carbons (Fsp3) is 0. The van der Waals surface area contributed by atoms with E-state index in [0.29, 0.717) is 0 Å². The molecule has 0 amide bonds. The van der Waals surface area contributed by atoms with Gasteiger partial charge in [0, 0.05) is 0 Å². The molecule has 0 nitrogen and oxygen atoms in total. The van der Waals surface area contributed by atoms with Gasteiger partial charge in [-0.05, 0) is 0 Å². The van der Waals surface area contributed by atoms with Crippen LogP contribution in [0.25, 0.3) is 0 Å². The Morgan fingerprint density at radius 2 is 0.286 bits per heavy atom. The molecule has 0 saturated carbocycles. The van der Waals surface area contributed by atoms with Crippen LogP contribution in [0.3, 0.4) is 0 Å². The van der Waals surface area contributed by atoms with E-state index in [9.17, 15) is 0 Å². The van der Waals surface area contributed by atoms with Crippen LogP contribution in [0.15, 0.2) is 0 Å². The minimum absolute atomic E-state index is 0. The van der Waals surface area contributed by atoms with Crippen LogP contribution in [0.4, 0.5) is 0 Å². The summed E-state index contributed by atoms with van der Waals surface area (Å²) < 4.78 is 0. The molecular weight excluding hydrogens is 298 g/mol. The van der Waals surface area contributed by atoms with Crippen LogP contribution in [0, 0.1) is 0 Å². The topological polar surface area (TPSA) is 0 Å². The minimum atomic E-state index is 0. The summed E-state index contributed by atoms with van der Waals surface area (Å²) in [5.74, 6) is 0. The quantitative estimate of drug-likeness (QED) is 0.390. The molecular formula is HF6W. The molecule has 0 fully saturated rings. The molecule has 49 valence electrons. The Kier molecular flexibility index (Phi) is 1370000. The molecule has 0 radical (unpaired) electrons. The number of rotatable bonds is 0. The van der Waals surface area contributed by atoms with E-state index in [-0.39, 0.29) is 49.3 Å². The van der Waals surface area contributed by atoms with Crippen molar-refractivity contribution in [2.45, 2.75) is 0 Å². The Balaban J connectivity index is 0. The van der Waals surface area contributed by atoms with Crippen molar-refractivity contribution in [2.24, 2.45) is 0 Å². The van der Waals surface area contributed by atoms with E-state index in [1.54, 1.807) is 0 Å². The van der Waals surface area contributed by atoms with E-state index < -0.39 is 0 Å². The molecule has 0 aromatic rings. The Hall–Kier alpha value is 0.268. The third-order valence-corrected chi connectivity index (χ3v) is 0. The monoisotopic (exact) mass is 299 g/mol. The van der Waals surface area contributed by atoms with E-state index in [1.807, 2.05) is 0 Å². The maximum absolute atomic E-state index is 0. The molecule has 0 aliphatic heterocycles. The summed E-state index contributed by atoms with van der Waals surface area (Å²) in [5.41, 5.74) is 0. The molecule has 0 unspecified atom stereocenters. The molecule has 0 aliphatic rings. The first-order valence-electron chi connectivity index (χ1n) is 0. The van der Waals surface area contributed by atoms with E-state index in [1.165, 1.54) is 0 Å². The van der Waals surface area contributed by atoms with Crippen LogP contribution in [0.1, 0.15) is 0 Å². The molecule has 0 atom stereocenters. The van der Waals surface area contributed by atoms with Gasteiger partial charge in [-0.25, -0.2) is 0 Å². The zero-order chi connectivity index (χ0) is 0. The normalized spacial score (nSPS) is 0. The van der Waals surface area contributed by atoms with Gasteiger partial charge in [-0.2, -0.15) is 0 Å². The fourth-order valence-corrected chi connectivity index (χ4v) is 0. The number of halogens is 6. The third kappa shape index (κ3) is 1590. The number of hydrogen-bond donors (Lipinski definition) is 0. The first-order valence-corrected chi connectivity index (χ1v) is 0. The molecule has 0 rings (SSSR count). The van der Waals surface area contributed by atoms with Crippen LogP contribution in [-0.4, -0.2) is 0 Å². The van der Waals surface area contributed by atoms with Crippen LogP contribution in [0.5, 0.6) is 0 Å². The zero-order valence-electron chi connectivity index (χ0n) is 2.72. The molecule has 0 spiro atoms. The van der Waals surface area contributed by atoms with Crippen molar-refractivity contribution < 1.29 is 49.3 Å². The maximum atomic E-state index is 0. The molecule has 0 aliphatic carbocycles. The van der Waals surface area contributed by atoms with Crippen molar-refractivity contribution in [3.05, 3.63) is 0 Å². The van der Waals surface area contributed by atoms with Crippen molar-refractivity contribution in [1.82, 2.24) is 0 Å². The second-order valence-electron chi connectivity index (χ2n) is 0. The second-order valence-corrected chi connectivity index (χ2v) is 0. The van der Waals surface area contributed by atoms with Gasteiger partial charge in [-0.1, -0.05) is 0 Å². The predicted octanol–water partition coefficient (Wildman–Crippen LogP) is -18.2. The molecule has 0 N–H and O–H groups in total. The van der Waals surface area contributed by atoms with Crippen molar-refractivity contribution in [3.63, 3.8) is 0 Å². The first kappa shape index (κ1) is 3970. The Morgan fingerprint density at radius 1 is 0.286 bits per heavy atom. The molecule has 7 heavy (non-hydrogen) atoms. The predicted molar refractivity (Wildman–Crippen MR) is 1.40 cm³/mol. The van der Waals surface area contributed by atoms with Crippen molar-refractivity contribution in [3.8, 4) is 0 Å². The average molecular weight is 299 g/mol. The van der Waals surface area contributed by atoms with Gasteiger partial charge in [-0.15, -0.1) is 0 Å². The van der Waals surface area contributed by atoms with E-state index in [2.05, 4.69) is 0 Å². The van der Waals surface area contributed by atoms with Crippen molar-refractivity contribution in [2.75, 3.05) is 0 Å². The number of hydrogen-bond acceptors (Lipinski definition) is 0. The van der Waals surface area contributed by atoms with E-state index in [0.717, 1.165) is 0 Å². The molecule has 0 saturated heterocycles. The second kappa shape index (κ2) is 2420. The van der Waals surface area contributed by atoms with Gasteiger partial charge < -0.3 is 28.2 Å². The summed E-state index contributed by atoms with van der Waals surface area (Å²) in [4.78, 5) is 0. The van der Waals surface area contributed by atoms with Crippen LogP contribution in [0.2, 0.25) is 0 Å². The van der Waals surface area contributed by atoms with Gasteiger partial charge in [0.05, 0.1) is 0 Å². The summed E-state index contributed by atoms with van der Waals surface area (Å²) >= 11 is 0. The zero-order valence-corrected chi connectivity index (χ0v) is 5.93. The summed E-state index contributed by atoms with van der Waals surface area (Å²) in [5, 5.41) is 0. The summed E-state index contributed by atoms with van der Waals surface area (Å²) in [6, 6.07) is 0. The summed E-state index contributed by atoms with van der Waals surface area (Å²) in [7, 11) is 0. The molecule has 0 aromatic heterocycles.